The summed E-state index contributed by atoms with van der Waals surface area (Å²) in [6, 6.07) is 8.04. The zero-order chi connectivity index (χ0) is 14.1. The number of aryl methyl sites for hydroxylation is 1. The smallest absolute Gasteiger partial charge is 0.270 e. The maximum atomic E-state index is 12.7. The summed E-state index contributed by atoms with van der Waals surface area (Å²) < 4.78 is 8.42. The van der Waals surface area contributed by atoms with Crippen LogP contribution in [0.2, 0.25) is 0 Å². The molecule has 0 unspecified atom stereocenters. The van der Waals surface area contributed by atoms with Gasteiger partial charge in [-0.15, -0.1) is 0 Å². The van der Waals surface area contributed by atoms with Gasteiger partial charge in [0.05, 0.1) is 18.7 Å². The van der Waals surface area contributed by atoms with E-state index in [0.717, 1.165) is 27.6 Å². The summed E-state index contributed by atoms with van der Waals surface area (Å²) in [7, 11) is 0. The Labute approximate surface area is 126 Å². The number of hydrogen-bond acceptors (Lipinski definition) is 2. The largest absolute Gasteiger partial charge is 0.378 e. The third-order valence-electron chi connectivity index (χ3n) is 3.70. The van der Waals surface area contributed by atoms with Crippen LogP contribution in [0, 0.1) is 0 Å². The predicted molar refractivity (Wildman–Crippen MR) is 82.0 cm³/mol. The van der Waals surface area contributed by atoms with E-state index in [-0.39, 0.29) is 5.91 Å². The van der Waals surface area contributed by atoms with E-state index in [0.29, 0.717) is 26.3 Å². The number of hydrogen-bond donors (Lipinski definition) is 0. The standard InChI is InChI=1S/C15H17BrN2O2/c1-2-18-13(15(19)17-6-8-20-9-7-17)10-11-4-3-5-12(16)14(11)18/h3-5,10H,2,6-9H2,1H3. The first-order valence-corrected chi connectivity index (χ1v) is 7.66. The highest BCUT2D eigenvalue weighted by atomic mass is 79.9. The van der Waals surface area contributed by atoms with Crippen LogP contribution in [0.4, 0.5) is 0 Å². The van der Waals surface area contributed by atoms with Gasteiger partial charge in [-0.2, -0.15) is 0 Å². The van der Waals surface area contributed by atoms with Gasteiger partial charge in [0.2, 0.25) is 0 Å². The summed E-state index contributed by atoms with van der Waals surface area (Å²) in [5.41, 5.74) is 1.85. The number of carbonyl (C=O) groups is 1. The lowest BCUT2D eigenvalue weighted by molar-refractivity contribution is 0.0296. The Morgan fingerprint density at radius 1 is 1.35 bits per heavy atom. The minimum atomic E-state index is 0.0956. The van der Waals surface area contributed by atoms with E-state index in [9.17, 15) is 4.79 Å². The number of rotatable bonds is 2. The molecule has 3 rings (SSSR count). The molecule has 1 amide bonds. The molecule has 1 aliphatic rings. The van der Waals surface area contributed by atoms with Gasteiger partial charge in [0, 0.05) is 29.5 Å². The van der Waals surface area contributed by atoms with Crippen molar-refractivity contribution < 1.29 is 9.53 Å². The van der Waals surface area contributed by atoms with Crippen molar-refractivity contribution in [2.45, 2.75) is 13.5 Å². The molecule has 0 atom stereocenters. The average molecular weight is 337 g/mol. The van der Waals surface area contributed by atoms with Crippen molar-refractivity contribution >= 4 is 32.7 Å². The summed E-state index contributed by atoms with van der Waals surface area (Å²) in [4.78, 5) is 14.6. The lowest BCUT2D eigenvalue weighted by atomic mass is 10.2. The topological polar surface area (TPSA) is 34.5 Å². The van der Waals surface area contributed by atoms with Gasteiger partial charge in [-0.05, 0) is 35.0 Å². The molecular weight excluding hydrogens is 320 g/mol. The number of morpholine rings is 1. The van der Waals surface area contributed by atoms with Gasteiger partial charge >= 0.3 is 0 Å². The quantitative estimate of drug-likeness (QED) is 0.845. The van der Waals surface area contributed by atoms with E-state index >= 15 is 0 Å². The molecular formula is C15H17BrN2O2. The third-order valence-corrected chi connectivity index (χ3v) is 4.34. The maximum Gasteiger partial charge on any atom is 0.270 e. The van der Waals surface area contributed by atoms with Gasteiger partial charge in [-0.1, -0.05) is 12.1 Å². The highest BCUT2D eigenvalue weighted by Gasteiger charge is 2.23. The zero-order valence-corrected chi connectivity index (χ0v) is 13.0. The van der Waals surface area contributed by atoms with Crippen LogP contribution in [0.15, 0.2) is 28.7 Å². The molecule has 0 spiro atoms. The second kappa shape index (κ2) is 5.58. The van der Waals surface area contributed by atoms with Crippen molar-refractivity contribution in [3.63, 3.8) is 0 Å². The Bertz CT molecular complexity index is 645. The Hall–Kier alpha value is -1.33. The van der Waals surface area contributed by atoms with Crippen LogP contribution in [0.1, 0.15) is 17.4 Å². The lowest BCUT2D eigenvalue weighted by Gasteiger charge is -2.27. The first-order chi connectivity index (χ1) is 9.72. The Morgan fingerprint density at radius 2 is 2.10 bits per heavy atom. The number of ether oxygens (including phenoxy) is 1. The van der Waals surface area contributed by atoms with Crippen LogP contribution >= 0.6 is 15.9 Å². The van der Waals surface area contributed by atoms with Crippen molar-refractivity contribution in [3.05, 3.63) is 34.4 Å². The van der Waals surface area contributed by atoms with Gasteiger partial charge < -0.3 is 14.2 Å². The number of fused-ring (bicyclic) bond motifs is 1. The van der Waals surface area contributed by atoms with Crippen molar-refractivity contribution in [1.82, 2.24) is 9.47 Å². The number of halogens is 1. The molecule has 106 valence electrons. The van der Waals surface area contributed by atoms with Crippen molar-refractivity contribution in [2.24, 2.45) is 0 Å². The fourth-order valence-corrected chi connectivity index (χ4v) is 3.31. The highest BCUT2D eigenvalue weighted by Crippen LogP contribution is 2.28. The van der Waals surface area contributed by atoms with Gasteiger partial charge in [0.1, 0.15) is 5.69 Å². The maximum absolute atomic E-state index is 12.7. The first kappa shape index (κ1) is 13.6. The van der Waals surface area contributed by atoms with Crippen LogP contribution in [-0.2, 0) is 11.3 Å². The fraction of sp³-hybridized carbons (Fsp3) is 0.400. The second-order valence-electron chi connectivity index (χ2n) is 4.86. The monoisotopic (exact) mass is 336 g/mol. The molecule has 0 aliphatic carbocycles. The summed E-state index contributed by atoms with van der Waals surface area (Å²) in [6.45, 7) is 5.44. The fourth-order valence-electron chi connectivity index (χ4n) is 2.71. The molecule has 1 saturated heterocycles. The normalized spacial score (nSPS) is 15.8. The molecule has 1 aromatic carbocycles. The van der Waals surface area contributed by atoms with Crippen LogP contribution in [0.3, 0.4) is 0 Å². The highest BCUT2D eigenvalue weighted by molar-refractivity contribution is 9.10. The van der Waals surface area contributed by atoms with Gasteiger partial charge in [-0.3, -0.25) is 4.79 Å². The number of amides is 1. The number of para-hydroxylation sites is 1. The molecule has 0 radical (unpaired) electrons. The van der Waals surface area contributed by atoms with Gasteiger partial charge in [0.25, 0.3) is 5.91 Å². The number of benzene rings is 1. The molecule has 0 saturated carbocycles. The van der Waals surface area contributed by atoms with Crippen LogP contribution < -0.4 is 0 Å². The molecule has 0 N–H and O–H groups in total. The summed E-state index contributed by atoms with van der Waals surface area (Å²) in [5, 5.41) is 1.10. The number of nitrogens with zero attached hydrogens (tertiary/aromatic N) is 2. The summed E-state index contributed by atoms with van der Waals surface area (Å²) in [5.74, 6) is 0.0956. The van der Waals surface area contributed by atoms with Crippen LogP contribution in [0.5, 0.6) is 0 Å². The zero-order valence-electron chi connectivity index (χ0n) is 11.4. The Morgan fingerprint density at radius 3 is 2.80 bits per heavy atom. The summed E-state index contributed by atoms with van der Waals surface area (Å²) in [6.07, 6.45) is 0. The predicted octanol–water partition coefficient (Wildman–Crippen LogP) is 2.90. The van der Waals surface area contributed by atoms with E-state index in [2.05, 4.69) is 27.4 Å². The molecule has 0 bridgehead atoms. The SMILES string of the molecule is CCn1c(C(=O)N2CCOCC2)cc2cccc(Br)c21. The first-order valence-electron chi connectivity index (χ1n) is 6.87. The van der Waals surface area contributed by atoms with E-state index < -0.39 is 0 Å². The lowest BCUT2D eigenvalue weighted by Crippen LogP contribution is -2.41. The number of carbonyl (C=O) groups excluding carboxylic acids is 1. The van der Waals surface area contributed by atoms with E-state index in [1.807, 2.05) is 29.2 Å². The minimum Gasteiger partial charge on any atom is -0.378 e. The number of aromatic nitrogens is 1. The Kier molecular flexibility index (Phi) is 3.81. The molecule has 2 aromatic rings. The van der Waals surface area contributed by atoms with Gasteiger partial charge in [0.15, 0.2) is 0 Å². The third kappa shape index (κ3) is 2.25. The molecule has 1 fully saturated rings. The van der Waals surface area contributed by atoms with Crippen molar-refractivity contribution in [3.8, 4) is 0 Å². The van der Waals surface area contributed by atoms with Crippen molar-refractivity contribution in [1.29, 1.82) is 0 Å². The molecule has 1 aliphatic heterocycles. The molecule has 2 heterocycles. The van der Waals surface area contributed by atoms with E-state index in [1.54, 1.807) is 0 Å². The minimum absolute atomic E-state index is 0.0956. The molecule has 1 aromatic heterocycles. The molecule has 5 heteroatoms. The van der Waals surface area contributed by atoms with Crippen LogP contribution in [-0.4, -0.2) is 41.7 Å². The van der Waals surface area contributed by atoms with E-state index in [4.69, 9.17) is 4.74 Å². The Balaban J connectivity index is 2.06. The van der Waals surface area contributed by atoms with Gasteiger partial charge in [-0.25, -0.2) is 0 Å². The van der Waals surface area contributed by atoms with E-state index in [1.165, 1.54) is 0 Å². The van der Waals surface area contributed by atoms with Crippen LogP contribution in [0.25, 0.3) is 10.9 Å². The molecule has 4 nitrogen and oxygen atoms in total. The van der Waals surface area contributed by atoms with Crippen molar-refractivity contribution in [2.75, 3.05) is 26.3 Å². The second-order valence-corrected chi connectivity index (χ2v) is 5.71. The molecule has 20 heavy (non-hydrogen) atoms. The summed E-state index contributed by atoms with van der Waals surface area (Å²) >= 11 is 3.58. The average Bonchev–Trinajstić information content (AvgIpc) is 2.87.